The Hall–Kier alpha value is -2.11. The van der Waals surface area contributed by atoms with Gasteiger partial charge in [-0.1, -0.05) is 0 Å². The summed E-state index contributed by atoms with van der Waals surface area (Å²) in [6.45, 7) is 0. The Kier molecular flexibility index (Phi) is 2.44. The monoisotopic (exact) mass is 181 g/mol. The average molecular weight is 181 g/mol. The fourth-order valence-corrected chi connectivity index (χ4v) is 0.767. The van der Waals surface area contributed by atoms with E-state index < -0.39 is 12.0 Å². The van der Waals surface area contributed by atoms with E-state index in [-0.39, 0.29) is 11.3 Å². The number of carbonyl (C=O) groups is 2. The second-order valence-corrected chi connectivity index (χ2v) is 2.26. The minimum absolute atomic E-state index is 0.159. The normalized spacial score (nSPS) is 9.23. The number of nitrogens with one attached hydrogen (secondary N) is 1. The molecule has 0 aliphatic rings. The van der Waals surface area contributed by atoms with Gasteiger partial charge in [-0.05, 0) is 6.07 Å². The first-order chi connectivity index (χ1) is 6.09. The van der Waals surface area contributed by atoms with Crippen molar-refractivity contribution in [2.24, 2.45) is 5.73 Å². The van der Waals surface area contributed by atoms with Crippen LogP contribution in [0.5, 0.6) is 0 Å². The van der Waals surface area contributed by atoms with Crippen LogP contribution in [0.3, 0.4) is 0 Å². The Labute approximate surface area is 73.4 Å². The summed E-state index contributed by atoms with van der Waals surface area (Å²) < 4.78 is 0. The molecule has 1 rings (SSSR count). The first kappa shape index (κ1) is 8.98. The average Bonchev–Trinajstić information content (AvgIpc) is 2.03. The quantitative estimate of drug-likeness (QED) is 0.608. The number of rotatable bonds is 2. The predicted octanol–water partition coefficient (Wildman–Crippen LogP) is 0.270. The van der Waals surface area contributed by atoms with Crippen molar-refractivity contribution >= 4 is 17.7 Å². The topological polar surface area (TPSA) is 105 Å². The number of anilines is 1. The summed E-state index contributed by atoms with van der Waals surface area (Å²) in [5.74, 6) is -0.651. The number of primary amides is 1. The number of pyridine rings is 1. The molecule has 68 valence electrons. The van der Waals surface area contributed by atoms with Crippen molar-refractivity contribution in [3.8, 4) is 0 Å². The maximum Gasteiger partial charge on any atom is 0.409 e. The van der Waals surface area contributed by atoms with E-state index in [4.69, 9.17) is 10.8 Å². The van der Waals surface area contributed by atoms with E-state index in [0.717, 1.165) is 0 Å². The number of hydrogen-bond donors (Lipinski definition) is 3. The number of carboxylic acid groups (broad SMARTS) is 1. The molecule has 1 heterocycles. The van der Waals surface area contributed by atoms with Crippen LogP contribution in [0, 0.1) is 0 Å². The Balaban J connectivity index is 2.91. The van der Waals surface area contributed by atoms with Crippen LogP contribution in [0.1, 0.15) is 10.4 Å². The van der Waals surface area contributed by atoms with Gasteiger partial charge in [0.2, 0.25) is 5.91 Å². The molecule has 1 aromatic rings. The van der Waals surface area contributed by atoms with E-state index in [9.17, 15) is 9.59 Å². The minimum Gasteiger partial charge on any atom is -0.465 e. The Morgan fingerprint density at radius 1 is 1.46 bits per heavy atom. The van der Waals surface area contributed by atoms with Gasteiger partial charge < -0.3 is 10.8 Å². The van der Waals surface area contributed by atoms with Gasteiger partial charge in [0.15, 0.2) is 0 Å². The van der Waals surface area contributed by atoms with Gasteiger partial charge in [0.05, 0.1) is 17.4 Å². The molecule has 0 saturated heterocycles. The fourth-order valence-electron chi connectivity index (χ4n) is 0.767. The Morgan fingerprint density at radius 3 is 2.69 bits per heavy atom. The molecule has 2 amide bonds. The Bertz CT molecular complexity index is 351. The summed E-state index contributed by atoms with van der Waals surface area (Å²) in [6.07, 6.45) is 1.32. The van der Waals surface area contributed by atoms with E-state index in [1.807, 2.05) is 5.32 Å². The molecule has 0 radical (unpaired) electrons. The molecule has 0 aliphatic heterocycles. The zero-order valence-corrected chi connectivity index (χ0v) is 6.52. The molecular weight excluding hydrogens is 174 g/mol. The molecular formula is C7H7N3O3. The lowest BCUT2D eigenvalue weighted by molar-refractivity contribution is 0.1000. The molecule has 0 unspecified atom stereocenters. The van der Waals surface area contributed by atoms with Crippen molar-refractivity contribution in [1.82, 2.24) is 4.98 Å². The largest absolute Gasteiger partial charge is 0.465 e. The lowest BCUT2D eigenvalue weighted by Crippen LogP contribution is -2.13. The first-order valence-corrected chi connectivity index (χ1v) is 3.34. The van der Waals surface area contributed by atoms with Gasteiger partial charge in [-0.25, -0.2) is 4.79 Å². The van der Waals surface area contributed by atoms with E-state index in [2.05, 4.69) is 4.98 Å². The van der Waals surface area contributed by atoms with Crippen molar-refractivity contribution in [3.05, 3.63) is 24.0 Å². The molecule has 0 aromatic carbocycles. The van der Waals surface area contributed by atoms with E-state index in [0.29, 0.717) is 0 Å². The van der Waals surface area contributed by atoms with Gasteiger partial charge in [-0.2, -0.15) is 0 Å². The SMILES string of the molecule is NC(=O)c1cncc(NC(=O)O)c1. The highest BCUT2D eigenvalue weighted by molar-refractivity contribution is 5.94. The number of hydrogen-bond acceptors (Lipinski definition) is 3. The Morgan fingerprint density at radius 2 is 2.15 bits per heavy atom. The highest BCUT2D eigenvalue weighted by Crippen LogP contribution is 2.07. The van der Waals surface area contributed by atoms with Crippen LogP contribution in [-0.4, -0.2) is 22.1 Å². The van der Waals surface area contributed by atoms with Crippen LogP contribution < -0.4 is 11.1 Å². The molecule has 1 aromatic heterocycles. The third-order valence-corrected chi connectivity index (χ3v) is 1.27. The summed E-state index contributed by atoms with van der Waals surface area (Å²) in [5.41, 5.74) is 5.33. The van der Waals surface area contributed by atoms with Crippen molar-refractivity contribution in [2.75, 3.05) is 5.32 Å². The lowest BCUT2D eigenvalue weighted by Gasteiger charge is -2.00. The van der Waals surface area contributed by atoms with Gasteiger partial charge in [0.25, 0.3) is 0 Å². The highest BCUT2D eigenvalue weighted by Gasteiger charge is 2.03. The molecule has 0 saturated carbocycles. The standard InChI is InChI=1S/C7H7N3O3/c8-6(11)4-1-5(3-9-2-4)10-7(12)13/h1-3,10H,(H2,8,11)(H,12,13). The molecule has 0 atom stereocenters. The molecule has 6 heteroatoms. The van der Waals surface area contributed by atoms with Gasteiger partial charge >= 0.3 is 6.09 Å². The van der Waals surface area contributed by atoms with Crippen LogP contribution >= 0.6 is 0 Å². The van der Waals surface area contributed by atoms with Gasteiger partial charge in [0.1, 0.15) is 0 Å². The number of nitrogens with zero attached hydrogens (tertiary/aromatic N) is 1. The number of aromatic nitrogens is 1. The van der Waals surface area contributed by atoms with Crippen LogP contribution in [-0.2, 0) is 0 Å². The van der Waals surface area contributed by atoms with E-state index >= 15 is 0 Å². The van der Waals surface area contributed by atoms with Crippen LogP contribution in [0.2, 0.25) is 0 Å². The van der Waals surface area contributed by atoms with E-state index in [1.54, 1.807) is 0 Å². The summed E-state index contributed by atoms with van der Waals surface area (Å²) in [7, 11) is 0. The third-order valence-electron chi connectivity index (χ3n) is 1.27. The second-order valence-electron chi connectivity index (χ2n) is 2.26. The van der Waals surface area contributed by atoms with Crippen molar-refractivity contribution in [2.45, 2.75) is 0 Å². The summed E-state index contributed by atoms with van der Waals surface area (Å²) >= 11 is 0. The molecule has 0 bridgehead atoms. The minimum atomic E-state index is -1.22. The zero-order chi connectivity index (χ0) is 9.84. The van der Waals surface area contributed by atoms with Crippen molar-refractivity contribution in [1.29, 1.82) is 0 Å². The predicted molar refractivity (Wildman–Crippen MR) is 44.4 cm³/mol. The van der Waals surface area contributed by atoms with Gasteiger partial charge in [-0.15, -0.1) is 0 Å². The van der Waals surface area contributed by atoms with Crippen LogP contribution in [0.25, 0.3) is 0 Å². The first-order valence-electron chi connectivity index (χ1n) is 3.34. The molecule has 13 heavy (non-hydrogen) atoms. The fraction of sp³-hybridized carbons (Fsp3) is 0. The zero-order valence-electron chi connectivity index (χ0n) is 6.52. The summed E-state index contributed by atoms with van der Waals surface area (Å²) in [5, 5.41) is 10.4. The molecule has 0 spiro atoms. The molecule has 0 fully saturated rings. The summed E-state index contributed by atoms with van der Waals surface area (Å²) in [4.78, 5) is 24.5. The van der Waals surface area contributed by atoms with Gasteiger partial charge in [-0.3, -0.25) is 15.1 Å². The number of carbonyl (C=O) groups excluding carboxylic acids is 1. The van der Waals surface area contributed by atoms with Crippen molar-refractivity contribution in [3.63, 3.8) is 0 Å². The maximum atomic E-state index is 10.6. The summed E-state index contributed by atoms with van der Waals surface area (Å²) in [6, 6.07) is 1.31. The maximum absolute atomic E-state index is 10.6. The highest BCUT2D eigenvalue weighted by atomic mass is 16.4. The molecule has 0 aliphatic carbocycles. The smallest absolute Gasteiger partial charge is 0.409 e. The third kappa shape index (κ3) is 2.44. The van der Waals surface area contributed by atoms with Crippen LogP contribution in [0.15, 0.2) is 18.5 Å². The van der Waals surface area contributed by atoms with Gasteiger partial charge in [0, 0.05) is 6.20 Å². The van der Waals surface area contributed by atoms with Crippen LogP contribution in [0.4, 0.5) is 10.5 Å². The lowest BCUT2D eigenvalue weighted by atomic mass is 10.2. The second kappa shape index (κ2) is 3.53. The molecule has 6 nitrogen and oxygen atoms in total. The van der Waals surface area contributed by atoms with E-state index in [1.165, 1.54) is 18.5 Å². The molecule has 4 N–H and O–H groups in total. The number of amides is 2. The van der Waals surface area contributed by atoms with Crippen molar-refractivity contribution < 1.29 is 14.7 Å². The number of nitrogens with two attached hydrogens (primary N) is 1.